The van der Waals surface area contributed by atoms with Gasteiger partial charge in [0.15, 0.2) is 0 Å². The van der Waals surface area contributed by atoms with Crippen molar-refractivity contribution < 1.29 is 4.39 Å². The van der Waals surface area contributed by atoms with Crippen molar-refractivity contribution in [1.29, 1.82) is 0 Å². The van der Waals surface area contributed by atoms with Crippen LogP contribution in [0.3, 0.4) is 0 Å². The van der Waals surface area contributed by atoms with Gasteiger partial charge in [-0.3, -0.25) is 0 Å². The molecule has 0 aliphatic heterocycles. The number of allylic oxidation sites excluding steroid dienone is 7. The molecule has 0 bridgehead atoms. The normalized spacial score (nSPS) is 16.6. The molecule has 0 aromatic carbocycles. The van der Waals surface area contributed by atoms with Crippen molar-refractivity contribution in [2.24, 2.45) is 5.92 Å². The van der Waals surface area contributed by atoms with E-state index in [0.717, 1.165) is 11.1 Å². The summed E-state index contributed by atoms with van der Waals surface area (Å²) in [4.78, 5) is 0. The first-order valence-corrected chi connectivity index (χ1v) is 4.54. The van der Waals surface area contributed by atoms with Crippen LogP contribution in [0.15, 0.2) is 47.9 Å². The van der Waals surface area contributed by atoms with Gasteiger partial charge in [0.1, 0.15) is 5.83 Å². The molecule has 13 heavy (non-hydrogen) atoms. The Morgan fingerprint density at radius 2 is 2.08 bits per heavy atom. The minimum atomic E-state index is -0.164. The van der Waals surface area contributed by atoms with E-state index >= 15 is 0 Å². The molecule has 1 aliphatic carbocycles. The van der Waals surface area contributed by atoms with Crippen molar-refractivity contribution in [3.8, 4) is 0 Å². The van der Waals surface area contributed by atoms with Gasteiger partial charge in [-0.25, -0.2) is 4.39 Å². The van der Waals surface area contributed by atoms with E-state index in [1.54, 1.807) is 12.2 Å². The Hall–Kier alpha value is -1.11. The van der Waals surface area contributed by atoms with Crippen LogP contribution in [-0.4, -0.2) is 0 Å². The molecule has 0 aromatic heterocycles. The molecule has 0 heterocycles. The molecule has 1 rings (SSSR count). The zero-order chi connectivity index (χ0) is 9.84. The molecule has 0 unspecified atom stereocenters. The molecule has 1 aliphatic rings. The lowest BCUT2D eigenvalue weighted by atomic mass is 9.96. The topological polar surface area (TPSA) is 0 Å². The van der Waals surface area contributed by atoms with Crippen molar-refractivity contribution in [1.82, 2.24) is 0 Å². The summed E-state index contributed by atoms with van der Waals surface area (Å²) in [7, 11) is 0. The molecule has 70 valence electrons. The number of halogens is 1. The summed E-state index contributed by atoms with van der Waals surface area (Å²) >= 11 is 0. The van der Waals surface area contributed by atoms with Gasteiger partial charge in [-0.15, -0.1) is 0 Å². The fourth-order valence-electron chi connectivity index (χ4n) is 1.18. The van der Waals surface area contributed by atoms with E-state index in [9.17, 15) is 4.39 Å². The Morgan fingerprint density at radius 1 is 1.38 bits per heavy atom. The third kappa shape index (κ3) is 2.69. The highest BCUT2D eigenvalue weighted by Gasteiger charge is 2.05. The standard InChI is InChI=1S/C12H15F/c1-9(2)10(3)11-5-4-6-12(13)8-7-11/h5-9H,3-4H2,1-2H3. The predicted octanol–water partition coefficient (Wildman–Crippen LogP) is 3.94. The van der Waals surface area contributed by atoms with Crippen molar-refractivity contribution in [2.75, 3.05) is 0 Å². The Morgan fingerprint density at radius 3 is 2.69 bits per heavy atom. The molecule has 0 fully saturated rings. The highest BCUT2D eigenvalue weighted by Crippen LogP contribution is 2.22. The Kier molecular flexibility index (Phi) is 3.24. The van der Waals surface area contributed by atoms with E-state index in [1.165, 1.54) is 6.08 Å². The predicted molar refractivity (Wildman–Crippen MR) is 55.0 cm³/mol. The summed E-state index contributed by atoms with van der Waals surface area (Å²) in [5, 5.41) is 0. The Bertz CT molecular complexity index is 290. The maximum Gasteiger partial charge on any atom is 0.119 e. The van der Waals surface area contributed by atoms with E-state index in [1.807, 2.05) is 6.08 Å². The van der Waals surface area contributed by atoms with E-state index in [4.69, 9.17) is 0 Å². The van der Waals surface area contributed by atoms with E-state index in [-0.39, 0.29) is 5.83 Å². The van der Waals surface area contributed by atoms with Crippen LogP contribution in [0.5, 0.6) is 0 Å². The van der Waals surface area contributed by atoms with Gasteiger partial charge in [-0.2, -0.15) is 0 Å². The molecule has 0 aromatic rings. The van der Waals surface area contributed by atoms with Gasteiger partial charge in [-0.1, -0.05) is 32.6 Å². The maximum atomic E-state index is 12.8. The molecule has 0 radical (unpaired) electrons. The van der Waals surface area contributed by atoms with Crippen LogP contribution in [0, 0.1) is 5.92 Å². The number of rotatable bonds is 2. The SMILES string of the molecule is C=C(C1=CCC=C(F)C=C1)C(C)C. The third-order valence-electron chi connectivity index (χ3n) is 2.14. The van der Waals surface area contributed by atoms with Crippen LogP contribution in [0.4, 0.5) is 4.39 Å². The average molecular weight is 178 g/mol. The summed E-state index contributed by atoms with van der Waals surface area (Å²) < 4.78 is 12.8. The second-order valence-corrected chi connectivity index (χ2v) is 3.50. The lowest BCUT2D eigenvalue weighted by molar-refractivity contribution is 0.663. The summed E-state index contributed by atoms with van der Waals surface area (Å²) in [6.45, 7) is 8.16. The average Bonchev–Trinajstić information content (AvgIpc) is 2.28. The first-order valence-electron chi connectivity index (χ1n) is 4.54. The third-order valence-corrected chi connectivity index (χ3v) is 2.14. The summed E-state index contributed by atoms with van der Waals surface area (Å²) in [5.41, 5.74) is 2.12. The van der Waals surface area contributed by atoms with Crippen LogP contribution >= 0.6 is 0 Å². The molecule has 0 amide bonds. The first kappa shape index (κ1) is 9.97. The molecule has 1 heteroatoms. The zero-order valence-electron chi connectivity index (χ0n) is 8.18. The van der Waals surface area contributed by atoms with Gasteiger partial charge in [0.05, 0.1) is 0 Å². The van der Waals surface area contributed by atoms with E-state index < -0.39 is 0 Å². The molecular weight excluding hydrogens is 163 g/mol. The van der Waals surface area contributed by atoms with Crippen molar-refractivity contribution in [3.63, 3.8) is 0 Å². The van der Waals surface area contributed by atoms with Crippen LogP contribution < -0.4 is 0 Å². The van der Waals surface area contributed by atoms with Crippen molar-refractivity contribution in [2.45, 2.75) is 20.3 Å². The Balaban J connectivity index is 2.79. The molecule has 0 spiro atoms. The van der Waals surface area contributed by atoms with Gasteiger partial charge in [0.2, 0.25) is 0 Å². The maximum absolute atomic E-state index is 12.8. The van der Waals surface area contributed by atoms with Crippen LogP contribution in [0.1, 0.15) is 20.3 Å². The van der Waals surface area contributed by atoms with E-state index in [2.05, 4.69) is 20.4 Å². The van der Waals surface area contributed by atoms with Gasteiger partial charge < -0.3 is 0 Å². The molecule has 0 saturated carbocycles. The fraction of sp³-hybridized carbons (Fsp3) is 0.333. The number of hydrogen-bond donors (Lipinski definition) is 0. The molecular formula is C12H15F. The monoisotopic (exact) mass is 178 g/mol. The van der Waals surface area contributed by atoms with Crippen LogP contribution in [0.2, 0.25) is 0 Å². The Labute approximate surface area is 79.2 Å². The quantitative estimate of drug-likeness (QED) is 0.600. The highest BCUT2D eigenvalue weighted by molar-refractivity contribution is 5.42. The fourth-order valence-corrected chi connectivity index (χ4v) is 1.18. The van der Waals surface area contributed by atoms with Gasteiger partial charge in [-0.05, 0) is 35.6 Å². The smallest absolute Gasteiger partial charge is 0.119 e. The largest absolute Gasteiger partial charge is 0.207 e. The molecule has 0 nitrogen and oxygen atoms in total. The van der Waals surface area contributed by atoms with E-state index in [0.29, 0.717) is 12.3 Å². The van der Waals surface area contributed by atoms with Gasteiger partial charge in [0.25, 0.3) is 0 Å². The van der Waals surface area contributed by atoms with Gasteiger partial charge in [0, 0.05) is 0 Å². The summed E-state index contributed by atoms with van der Waals surface area (Å²) in [5.74, 6) is 0.250. The number of hydrogen-bond acceptors (Lipinski definition) is 0. The second kappa shape index (κ2) is 4.22. The summed E-state index contributed by atoms with van der Waals surface area (Å²) in [6.07, 6.45) is 7.51. The molecule has 0 saturated heterocycles. The minimum absolute atomic E-state index is 0.164. The first-order chi connectivity index (χ1) is 6.11. The minimum Gasteiger partial charge on any atom is -0.207 e. The van der Waals surface area contributed by atoms with Crippen molar-refractivity contribution >= 4 is 0 Å². The lowest BCUT2D eigenvalue weighted by Crippen LogP contribution is -1.94. The molecule has 0 N–H and O–H groups in total. The summed E-state index contributed by atoms with van der Waals surface area (Å²) in [6, 6.07) is 0. The lowest BCUT2D eigenvalue weighted by Gasteiger charge is -2.09. The van der Waals surface area contributed by atoms with Crippen LogP contribution in [0.25, 0.3) is 0 Å². The molecule has 0 atom stereocenters. The zero-order valence-corrected chi connectivity index (χ0v) is 8.18. The highest BCUT2D eigenvalue weighted by atomic mass is 19.1. The van der Waals surface area contributed by atoms with Crippen LogP contribution in [-0.2, 0) is 0 Å². The van der Waals surface area contributed by atoms with Gasteiger partial charge >= 0.3 is 0 Å². The second-order valence-electron chi connectivity index (χ2n) is 3.50. The van der Waals surface area contributed by atoms with Crippen molar-refractivity contribution in [3.05, 3.63) is 47.9 Å².